The Kier molecular flexibility index (Phi) is 7.73. The minimum atomic E-state index is -0.0603. The van der Waals surface area contributed by atoms with Gasteiger partial charge in [0.05, 0.1) is 6.26 Å². The van der Waals surface area contributed by atoms with Crippen molar-refractivity contribution in [1.82, 2.24) is 29.9 Å². The first kappa shape index (κ1) is 22.6. The first-order valence-corrected chi connectivity index (χ1v) is 11.5. The Balaban J connectivity index is 1.36. The number of nitrogens with one attached hydrogen (secondary N) is 1. The molecular formula is C24H31N7O2. The second-order valence-electron chi connectivity index (χ2n) is 7.92. The molecule has 1 amide bonds. The molecule has 33 heavy (non-hydrogen) atoms. The summed E-state index contributed by atoms with van der Waals surface area (Å²) < 4.78 is 7.34. The van der Waals surface area contributed by atoms with E-state index in [1.165, 1.54) is 11.8 Å². The Hall–Kier alpha value is -3.62. The molecule has 0 radical (unpaired) electrons. The Morgan fingerprint density at radius 1 is 1.09 bits per heavy atom. The number of hydrogen-bond donors (Lipinski definition) is 1. The van der Waals surface area contributed by atoms with Crippen LogP contribution in [0.4, 0.5) is 0 Å². The molecule has 1 fully saturated rings. The highest BCUT2D eigenvalue weighted by Gasteiger charge is 2.25. The Morgan fingerprint density at radius 2 is 1.88 bits per heavy atom. The van der Waals surface area contributed by atoms with Crippen LogP contribution in [0.25, 0.3) is 0 Å². The molecule has 4 rings (SSSR count). The summed E-state index contributed by atoms with van der Waals surface area (Å²) in [7, 11) is 0. The van der Waals surface area contributed by atoms with E-state index in [1.807, 2.05) is 11.0 Å². The zero-order valence-electron chi connectivity index (χ0n) is 19.1. The lowest BCUT2D eigenvalue weighted by Gasteiger charge is -2.36. The predicted molar refractivity (Wildman–Crippen MR) is 126 cm³/mol. The van der Waals surface area contributed by atoms with Gasteiger partial charge >= 0.3 is 0 Å². The number of aliphatic imine (C=N–C) groups is 1. The number of furan rings is 1. The molecule has 3 heterocycles. The van der Waals surface area contributed by atoms with Crippen molar-refractivity contribution in [3.8, 4) is 0 Å². The van der Waals surface area contributed by atoms with E-state index in [0.717, 1.165) is 50.8 Å². The van der Waals surface area contributed by atoms with Gasteiger partial charge in [0, 0.05) is 52.2 Å². The van der Waals surface area contributed by atoms with Gasteiger partial charge in [0.25, 0.3) is 5.91 Å². The highest BCUT2D eigenvalue weighted by atomic mass is 16.3. The van der Waals surface area contributed by atoms with E-state index in [-0.39, 0.29) is 5.91 Å². The Labute approximate surface area is 194 Å². The molecule has 1 aliphatic rings. The predicted octanol–water partition coefficient (Wildman–Crippen LogP) is 2.08. The van der Waals surface area contributed by atoms with E-state index in [0.29, 0.717) is 25.4 Å². The standard InChI is InChI=1S/C24H31N7O2/c1-2-22-28-27-19-31(22)13-12-26-24(25-11-10-20-7-4-3-5-8-20)30-16-14-29(15-17-30)23(32)21-9-6-18-33-21/h3-9,18-19H,2,10-17H2,1H3,(H,25,26). The lowest BCUT2D eigenvalue weighted by molar-refractivity contribution is 0.0657. The molecule has 0 unspecified atom stereocenters. The van der Waals surface area contributed by atoms with Crippen molar-refractivity contribution < 1.29 is 9.21 Å². The van der Waals surface area contributed by atoms with Crippen molar-refractivity contribution in [3.05, 3.63) is 72.2 Å². The average Bonchev–Trinajstić information content (AvgIpc) is 3.56. The highest BCUT2D eigenvalue weighted by Crippen LogP contribution is 2.10. The van der Waals surface area contributed by atoms with Crippen molar-refractivity contribution in [1.29, 1.82) is 0 Å². The Bertz CT molecular complexity index is 1020. The number of carbonyl (C=O) groups excluding carboxylic acids is 1. The van der Waals surface area contributed by atoms with E-state index in [4.69, 9.17) is 9.41 Å². The maximum absolute atomic E-state index is 12.6. The van der Waals surface area contributed by atoms with Crippen LogP contribution in [0.15, 0.2) is 64.5 Å². The van der Waals surface area contributed by atoms with Gasteiger partial charge in [-0.2, -0.15) is 0 Å². The Morgan fingerprint density at radius 3 is 2.61 bits per heavy atom. The second-order valence-corrected chi connectivity index (χ2v) is 7.92. The van der Waals surface area contributed by atoms with Crippen molar-refractivity contribution in [3.63, 3.8) is 0 Å². The summed E-state index contributed by atoms with van der Waals surface area (Å²) >= 11 is 0. The molecular weight excluding hydrogens is 418 g/mol. The number of aromatic nitrogens is 3. The van der Waals surface area contributed by atoms with Gasteiger partial charge in [-0.05, 0) is 24.1 Å². The third kappa shape index (κ3) is 6.00. The molecule has 174 valence electrons. The van der Waals surface area contributed by atoms with Gasteiger partial charge in [0.2, 0.25) is 0 Å². The van der Waals surface area contributed by atoms with Crippen LogP contribution in [-0.4, -0.2) is 75.7 Å². The van der Waals surface area contributed by atoms with Crippen LogP contribution in [0, 0.1) is 0 Å². The lowest BCUT2D eigenvalue weighted by atomic mass is 10.2. The monoisotopic (exact) mass is 449 g/mol. The summed E-state index contributed by atoms with van der Waals surface area (Å²) in [6.45, 7) is 6.96. The van der Waals surface area contributed by atoms with E-state index in [2.05, 4.69) is 56.2 Å². The van der Waals surface area contributed by atoms with Gasteiger partial charge in [0.1, 0.15) is 12.2 Å². The summed E-state index contributed by atoms with van der Waals surface area (Å²) in [6, 6.07) is 13.8. The van der Waals surface area contributed by atoms with E-state index in [1.54, 1.807) is 18.5 Å². The fourth-order valence-electron chi connectivity index (χ4n) is 3.91. The molecule has 1 aromatic carbocycles. The molecule has 2 aromatic heterocycles. The molecule has 1 N–H and O–H groups in total. The van der Waals surface area contributed by atoms with Crippen molar-refractivity contribution in [2.24, 2.45) is 4.99 Å². The summed E-state index contributed by atoms with van der Waals surface area (Å²) in [6.07, 6.45) is 5.04. The largest absolute Gasteiger partial charge is 0.459 e. The van der Waals surface area contributed by atoms with Gasteiger partial charge in [-0.1, -0.05) is 37.3 Å². The van der Waals surface area contributed by atoms with E-state index < -0.39 is 0 Å². The molecule has 9 heteroatoms. The van der Waals surface area contributed by atoms with Gasteiger partial charge in [-0.25, -0.2) is 0 Å². The third-order valence-electron chi connectivity index (χ3n) is 5.75. The van der Waals surface area contributed by atoms with Crippen molar-refractivity contribution >= 4 is 11.9 Å². The van der Waals surface area contributed by atoms with Crippen LogP contribution in [-0.2, 0) is 19.4 Å². The van der Waals surface area contributed by atoms with Crippen LogP contribution in [0.1, 0.15) is 28.9 Å². The maximum atomic E-state index is 12.6. The average molecular weight is 450 g/mol. The quantitative estimate of drug-likeness (QED) is 0.418. The van der Waals surface area contributed by atoms with E-state index in [9.17, 15) is 4.79 Å². The summed E-state index contributed by atoms with van der Waals surface area (Å²) in [4.78, 5) is 21.5. The van der Waals surface area contributed by atoms with Gasteiger partial charge in [-0.3, -0.25) is 9.79 Å². The number of aryl methyl sites for hydroxylation is 1. The first-order chi connectivity index (χ1) is 16.2. The molecule has 0 aliphatic carbocycles. The normalized spacial score (nSPS) is 14.5. The third-order valence-corrected chi connectivity index (χ3v) is 5.75. The first-order valence-electron chi connectivity index (χ1n) is 11.5. The SMILES string of the molecule is CCc1nncn1CCNC(=NCCc1ccccc1)N1CCN(C(=O)c2ccco2)CC1. The molecule has 9 nitrogen and oxygen atoms in total. The zero-order chi connectivity index (χ0) is 22.9. The van der Waals surface area contributed by atoms with Gasteiger partial charge in [0.15, 0.2) is 11.7 Å². The minimum Gasteiger partial charge on any atom is -0.459 e. The second kappa shape index (κ2) is 11.3. The zero-order valence-corrected chi connectivity index (χ0v) is 19.1. The van der Waals surface area contributed by atoms with Crippen LogP contribution in [0.2, 0.25) is 0 Å². The molecule has 0 atom stereocenters. The van der Waals surface area contributed by atoms with Gasteiger partial charge < -0.3 is 24.1 Å². The smallest absolute Gasteiger partial charge is 0.289 e. The fraction of sp³-hybridized carbons (Fsp3) is 0.417. The van der Waals surface area contributed by atoms with Crippen LogP contribution >= 0.6 is 0 Å². The molecule has 1 aliphatic heterocycles. The molecule has 3 aromatic rings. The summed E-state index contributed by atoms with van der Waals surface area (Å²) in [5, 5.41) is 11.7. The summed E-state index contributed by atoms with van der Waals surface area (Å²) in [5.74, 6) is 2.18. The molecule has 1 saturated heterocycles. The fourth-order valence-corrected chi connectivity index (χ4v) is 3.91. The number of amides is 1. The van der Waals surface area contributed by atoms with E-state index >= 15 is 0 Å². The summed E-state index contributed by atoms with van der Waals surface area (Å²) in [5.41, 5.74) is 1.27. The van der Waals surface area contributed by atoms with Crippen LogP contribution in [0.3, 0.4) is 0 Å². The molecule has 0 saturated carbocycles. The van der Waals surface area contributed by atoms with Crippen molar-refractivity contribution in [2.45, 2.75) is 26.3 Å². The molecule has 0 bridgehead atoms. The number of carbonyl (C=O) groups is 1. The lowest BCUT2D eigenvalue weighted by Crippen LogP contribution is -2.54. The van der Waals surface area contributed by atoms with Crippen molar-refractivity contribution in [2.75, 3.05) is 39.3 Å². The number of piperazine rings is 1. The van der Waals surface area contributed by atoms with Crippen LogP contribution in [0.5, 0.6) is 0 Å². The number of guanidine groups is 1. The van der Waals surface area contributed by atoms with Gasteiger partial charge in [-0.15, -0.1) is 10.2 Å². The number of rotatable bonds is 8. The molecule has 0 spiro atoms. The highest BCUT2D eigenvalue weighted by molar-refractivity contribution is 5.91. The number of hydrogen-bond acceptors (Lipinski definition) is 5. The number of benzene rings is 1. The van der Waals surface area contributed by atoms with Crippen LogP contribution < -0.4 is 5.32 Å². The maximum Gasteiger partial charge on any atom is 0.289 e. The number of nitrogens with zero attached hydrogens (tertiary/aromatic N) is 6. The topological polar surface area (TPSA) is 91.8 Å². The minimum absolute atomic E-state index is 0.0603.